The van der Waals surface area contributed by atoms with Crippen molar-refractivity contribution in [3.8, 4) is 0 Å². The Morgan fingerprint density at radius 2 is 2.29 bits per heavy atom. The Bertz CT molecular complexity index is 74.2. The van der Waals surface area contributed by atoms with E-state index < -0.39 is 0 Å². The molecule has 7 heavy (non-hydrogen) atoms. The summed E-state index contributed by atoms with van der Waals surface area (Å²) in [6.07, 6.45) is 2.91. The quantitative estimate of drug-likeness (QED) is 0.376. The molecule has 1 heteroatoms. The van der Waals surface area contributed by atoms with Crippen LogP contribution in [-0.2, 0) is 0 Å². The van der Waals surface area contributed by atoms with E-state index in [4.69, 9.17) is 0 Å². The van der Waals surface area contributed by atoms with Gasteiger partial charge in [0, 0.05) is 10.2 Å². The summed E-state index contributed by atoms with van der Waals surface area (Å²) in [5.74, 6) is 0. The SMILES string of the molecule is C=CCC(=C)C[SiH3]. The van der Waals surface area contributed by atoms with Crippen molar-refractivity contribution < 1.29 is 0 Å². The first kappa shape index (κ1) is 6.70. The molecule has 0 N–H and O–H groups in total. The molecule has 0 aromatic carbocycles. The van der Waals surface area contributed by atoms with Crippen molar-refractivity contribution in [1.82, 2.24) is 0 Å². The minimum absolute atomic E-state index is 1.00. The highest BCUT2D eigenvalue weighted by molar-refractivity contribution is 6.10. The normalized spacial score (nSPS) is 8.57. The fourth-order valence-corrected chi connectivity index (χ4v) is 0.637. The summed E-state index contributed by atoms with van der Waals surface area (Å²) >= 11 is 0. The second kappa shape index (κ2) is 3.87. The highest BCUT2D eigenvalue weighted by Crippen LogP contribution is 1.99. The van der Waals surface area contributed by atoms with Crippen LogP contribution in [0.5, 0.6) is 0 Å². The second-order valence-electron chi connectivity index (χ2n) is 1.60. The number of hydrogen-bond donors (Lipinski definition) is 0. The van der Waals surface area contributed by atoms with Crippen LogP contribution >= 0.6 is 0 Å². The monoisotopic (exact) mass is 112 g/mol. The van der Waals surface area contributed by atoms with E-state index >= 15 is 0 Å². The molecule has 0 heterocycles. The molecule has 0 aliphatic heterocycles. The van der Waals surface area contributed by atoms with Gasteiger partial charge in [0.1, 0.15) is 0 Å². The average molecular weight is 112 g/mol. The van der Waals surface area contributed by atoms with E-state index in [-0.39, 0.29) is 0 Å². The van der Waals surface area contributed by atoms with Gasteiger partial charge in [0.05, 0.1) is 0 Å². The highest BCUT2D eigenvalue weighted by Gasteiger charge is 1.80. The van der Waals surface area contributed by atoms with E-state index in [2.05, 4.69) is 13.2 Å². The Kier molecular flexibility index (Phi) is 3.70. The van der Waals surface area contributed by atoms with Gasteiger partial charge in [-0.05, 0) is 12.5 Å². The molecule has 0 fully saturated rings. The van der Waals surface area contributed by atoms with Crippen molar-refractivity contribution in [1.29, 1.82) is 0 Å². The van der Waals surface area contributed by atoms with Gasteiger partial charge in [-0.3, -0.25) is 0 Å². The predicted octanol–water partition coefficient (Wildman–Crippen LogP) is 0.902. The Morgan fingerprint density at radius 3 is 2.43 bits per heavy atom. The van der Waals surface area contributed by atoms with Gasteiger partial charge < -0.3 is 0 Å². The fraction of sp³-hybridized carbons (Fsp3) is 0.333. The zero-order valence-corrected chi connectivity index (χ0v) is 6.91. The number of hydrogen-bond acceptors (Lipinski definition) is 0. The van der Waals surface area contributed by atoms with Gasteiger partial charge in [-0.15, -0.1) is 6.58 Å². The third kappa shape index (κ3) is 3.53. The lowest BCUT2D eigenvalue weighted by Gasteiger charge is -1.91. The Morgan fingerprint density at radius 1 is 1.71 bits per heavy atom. The van der Waals surface area contributed by atoms with Gasteiger partial charge >= 0.3 is 0 Å². The van der Waals surface area contributed by atoms with Crippen LogP contribution in [-0.4, -0.2) is 10.2 Å². The van der Waals surface area contributed by atoms with E-state index in [1.54, 1.807) is 0 Å². The molecule has 0 bridgehead atoms. The zero-order valence-electron chi connectivity index (χ0n) is 4.91. The molecule has 0 saturated heterocycles. The average Bonchev–Trinajstić information content (AvgIpc) is 1.68. The Hall–Kier alpha value is -0.303. The van der Waals surface area contributed by atoms with Gasteiger partial charge in [0.2, 0.25) is 0 Å². The first-order valence-electron chi connectivity index (χ1n) is 2.58. The van der Waals surface area contributed by atoms with Crippen molar-refractivity contribution in [2.45, 2.75) is 12.5 Å². The van der Waals surface area contributed by atoms with E-state index in [9.17, 15) is 0 Å². The minimum atomic E-state index is 1.00. The lowest BCUT2D eigenvalue weighted by molar-refractivity contribution is 1.23. The summed E-state index contributed by atoms with van der Waals surface area (Å²) in [4.78, 5) is 0. The molecule has 0 rings (SSSR count). The van der Waals surface area contributed by atoms with Crippen LogP contribution < -0.4 is 0 Å². The van der Waals surface area contributed by atoms with Crippen molar-refractivity contribution in [3.63, 3.8) is 0 Å². The molecule has 0 spiro atoms. The maximum Gasteiger partial charge on any atom is 0.00790 e. The number of rotatable bonds is 3. The summed E-state index contributed by atoms with van der Waals surface area (Å²) in [5, 5.41) is 0. The maximum absolute atomic E-state index is 3.83. The van der Waals surface area contributed by atoms with Gasteiger partial charge in [-0.2, -0.15) is 0 Å². The molecule has 40 valence electrons. The Labute approximate surface area is 48.4 Å². The van der Waals surface area contributed by atoms with Crippen LogP contribution in [0.3, 0.4) is 0 Å². The standard InChI is InChI=1S/C6H12Si/c1-3-4-6(2)5-7/h3H,1-2,4-5H2,7H3. The van der Waals surface area contributed by atoms with Crippen molar-refractivity contribution in [2.75, 3.05) is 0 Å². The zero-order chi connectivity index (χ0) is 5.70. The van der Waals surface area contributed by atoms with E-state index in [1.165, 1.54) is 21.9 Å². The molecule has 0 aromatic heterocycles. The summed E-state index contributed by atoms with van der Waals surface area (Å²) in [7, 11) is 1.24. The molecule has 0 unspecified atom stereocenters. The minimum Gasteiger partial charge on any atom is -0.103 e. The predicted molar refractivity (Wildman–Crippen MR) is 38.7 cm³/mol. The van der Waals surface area contributed by atoms with Crippen molar-refractivity contribution in [3.05, 3.63) is 24.8 Å². The summed E-state index contributed by atoms with van der Waals surface area (Å²) in [5.41, 5.74) is 1.32. The van der Waals surface area contributed by atoms with E-state index in [1.807, 2.05) is 6.08 Å². The molecule has 0 aliphatic rings. The molecule has 0 aliphatic carbocycles. The smallest absolute Gasteiger partial charge is 0.00790 e. The summed E-state index contributed by atoms with van der Waals surface area (Å²) < 4.78 is 0. The lowest BCUT2D eigenvalue weighted by atomic mass is 10.2. The van der Waals surface area contributed by atoms with Crippen molar-refractivity contribution in [2.24, 2.45) is 0 Å². The van der Waals surface area contributed by atoms with Gasteiger partial charge in [-0.1, -0.05) is 18.2 Å². The lowest BCUT2D eigenvalue weighted by Crippen LogP contribution is -1.73. The van der Waals surface area contributed by atoms with Crippen LogP contribution in [0.1, 0.15) is 6.42 Å². The second-order valence-corrected chi connectivity index (χ2v) is 2.30. The van der Waals surface area contributed by atoms with Gasteiger partial charge in [0.15, 0.2) is 0 Å². The van der Waals surface area contributed by atoms with Crippen LogP contribution in [0.15, 0.2) is 24.8 Å². The van der Waals surface area contributed by atoms with Crippen LogP contribution in [0.25, 0.3) is 0 Å². The molecule has 0 nitrogen and oxygen atoms in total. The molecular formula is C6H12Si. The fourth-order valence-electron chi connectivity index (χ4n) is 0.348. The van der Waals surface area contributed by atoms with E-state index in [0.29, 0.717) is 0 Å². The molecule has 0 atom stereocenters. The molecule has 0 saturated carbocycles. The summed E-state index contributed by atoms with van der Waals surface area (Å²) in [6, 6.07) is 1.21. The number of allylic oxidation sites excluding steroid dienone is 2. The topological polar surface area (TPSA) is 0 Å². The first-order chi connectivity index (χ1) is 3.31. The summed E-state index contributed by atoms with van der Waals surface area (Å²) in [6.45, 7) is 7.43. The third-order valence-corrected chi connectivity index (χ3v) is 1.93. The van der Waals surface area contributed by atoms with Crippen molar-refractivity contribution >= 4 is 10.2 Å². The van der Waals surface area contributed by atoms with Crippen LogP contribution in [0, 0.1) is 0 Å². The first-order valence-corrected chi connectivity index (χ1v) is 4.00. The van der Waals surface area contributed by atoms with Gasteiger partial charge in [0.25, 0.3) is 0 Å². The highest BCUT2D eigenvalue weighted by atomic mass is 28.1. The third-order valence-electron chi connectivity index (χ3n) is 0.933. The maximum atomic E-state index is 3.83. The largest absolute Gasteiger partial charge is 0.103 e. The van der Waals surface area contributed by atoms with Crippen LogP contribution in [0.4, 0.5) is 0 Å². The van der Waals surface area contributed by atoms with Crippen LogP contribution in [0.2, 0.25) is 6.04 Å². The molecule has 0 amide bonds. The molecule has 0 aromatic rings. The molecular weight excluding hydrogens is 100 g/mol. The molecule has 0 radical (unpaired) electrons. The van der Waals surface area contributed by atoms with Gasteiger partial charge in [-0.25, -0.2) is 0 Å². The Balaban J connectivity index is 3.17. The van der Waals surface area contributed by atoms with E-state index in [0.717, 1.165) is 6.42 Å².